The summed E-state index contributed by atoms with van der Waals surface area (Å²) in [4.78, 5) is 15.9. The van der Waals surface area contributed by atoms with Crippen LogP contribution in [-0.4, -0.2) is 30.5 Å². The Balaban J connectivity index is 2.01. The van der Waals surface area contributed by atoms with Crippen LogP contribution < -0.4 is 11.1 Å². The second-order valence-corrected chi connectivity index (χ2v) is 3.81. The maximum atomic E-state index is 11.8. The number of rotatable bonds is 4. The van der Waals surface area contributed by atoms with E-state index in [1.807, 2.05) is 6.92 Å². The number of hydrogen-bond donors (Lipinski definition) is 2. The van der Waals surface area contributed by atoms with Crippen molar-refractivity contribution in [3.05, 3.63) is 24.0 Å². The molecule has 0 unspecified atom stereocenters. The third-order valence-electron chi connectivity index (χ3n) is 2.38. The molecule has 2 rings (SSSR count). The zero-order chi connectivity index (χ0) is 13.1. The minimum atomic E-state index is -0.327. The molecular weight excluding hydrogens is 234 g/mol. The number of nitrogens with one attached hydrogen (secondary N) is 1. The minimum Gasteiger partial charge on any atom is -0.396 e. The van der Waals surface area contributed by atoms with Crippen molar-refractivity contribution in [3.63, 3.8) is 0 Å². The van der Waals surface area contributed by atoms with Gasteiger partial charge in [-0.25, -0.2) is 4.98 Å². The SMILES string of the molecule is CCn1cc(N)c(C(=O)NCc2ncn(C)n2)n1. The molecule has 1 amide bonds. The predicted molar refractivity (Wildman–Crippen MR) is 64.5 cm³/mol. The lowest BCUT2D eigenvalue weighted by Crippen LogP contribution is -2.25. The fourth-order valence-electron chi connectivity index (χ4n) is 1.48. The van der Waals surface area contributed by atoms with Gasteiger partial charge in [-0.15, -0.1) is 0 Å². The topological polar surface area (TPSA) is 104 Å². The molecule has 2 aromatic heterocycles. The Labute approximate surface area is 104 Å². The third kappa shape index (κ3) is 2.47. The molecule has 0 aromatic carbocycles. The van der Waals surface area contributed by atoms with E-state index in [9.17, 15) is 4.79 Å². The van der Waals surface area contributed by atoms with E-state index in [4.69, 9.17) is 5.73 Å². The molecule has 96 valence electrons. The molecule has 0 aliphatic carbocycles. The van der Waals surface area contributed by atoms with E-state index in [-0.39, 0.29) is 18.1 Å². The summed E-state index contributed by atoms with van der Waals surface area (Å²) in [5.41, 5.74) is 6.31. The smallest absolute Gasteiger partial charge is 0.274 e. The molecule has 8 nitrogen and oxygen atoms in total. The lowest BCUT2D eigenvalue weighted by atomic mass is 10.3. The van der Waals surface area contributed by atoms with Gasteiger partial charge in [0.05, 0.1) is 12.2 Å². The summed E-state index contributed by atoms with van der Waals surface area (Å²) >= 11 is 0. The van der Waals surface area contributed by atoms with Crippen molar-refractivity contribution >= 4 is 11.6 Å². The Morgan fingerprint density at radius 3 is 2.83 bits per heavy atom. The summed E-state index contributed by atoms with van der Waals surface area (Å²) in [7, 11) is 1.76. The van der Waals surface area contributed by atoms with Crippen LogP contribution in [0.2, 0.25) is 0 Å². The number of aromatic nitrogens is 5. The number of carbonyl (C=O) groups is 1. The van der Waals surface area contributed by atoms with Gasteiger partial charge < -0.3 is 11.1 Å². The molecular formula is C10H15N7O. The summed E-state index contributed by atoms with van der Waals surface area (Å²) in [6.07, 6.45) is 3.20. The van der Waals surface area contributed by atoms with Gasteiger partial charge >= 0.3 is 0 Å². The quantitative estimate of drug-likeness (QED) is 0.763. The lowest BCUT2D eigenvalue weighted by molar-refractivity contribution is 0.0945. The second kappa shape index (κ2) is 4.86. The number of nitrogen functional groups attached to an aromatic ring is 1. The molecule has 0 saturated heterocycles. The van der Waals surface area contributed by atoms with E-state index >= 15 is 0 Å². The van der Waals surface area contributed by atoms with Crippen LogP contribution in [0.4, 0.5) is 5.69 Å². The number of anilines is 1. The number of nitrogens with two attached hydrogens (primary N) is 1. The second-order valence-electron chi connectivity index (χ2n) is 3.81. The normalized spacial score (nSPS) is 10.6. The van der Waals surface area contributed by atoms with Crippen LogP contribution >= 0.6 is 0 Å². The van der Waals surface area contributed by atoms with Crippen molar-refractivity contribution in [1.82, 2.24) is 29.9 Å². The Kier molecular flexibility index (Phi) is 3.26. The van der Waals surface area contributed by atoms with Gasteiger partial charge in [0.15, 0.2) is 11.5 Å². The first-order valence-electron chi connectivity index (χ1n) is 5.55. The van der Waals surface area contributed by atoms with Gasteiger partial charge in [0.1, 0.15) is 6.33 Å². The average molecular weight is 249 g/mol. The molecule has 2 heterocycles. The summed E-state index contributed by atoms with van der Waals surface area (Å²) in [5.74, 6) is 0.214. The van der Waals surface area contributed by atoms with E-state index in [2.05, 4.69) is 20.5 Å². The number of carbonyl (C=O) groups excluding carboxylic acids is 1. The van der Waals surface area contributed by atoms with Gasteiger partial charge in [-0.3, -0.25) is 14.2 Å². The summed E-state index contributed by atoms with van der Waals surface area (Å²) in [6, 6.07) is 0. The van der Waals surface area contributed by atoms with Crippen molar-refractivity contribution in [1.29, 1.82) is 0 Å². The zero-order valence-corrected chi connectivity index (χ0v) is 10.3. The van der Waals surface area contributed by atoms with Gasteiger partial charge in [0.2, 0.25) is 0 Å². The van der Waals surface area contributed by atoms with Crippen LogP contribution in [0.5, 0.6) is 0 Å². The molecule has 18 heavy (non-hydrogen) atoms. The molecule has 0 saturated carbocycles. The van der Waals surface area contributed by atoms with Gasteiger partial charge in [-0.1, -0.05) is 0 Å². The predicted octanol–water partition coefficient (Wildman–Crippen LogP) is -0.456. The molecule has 0 bridgehead atoms. The number of hydrogen-bond acceptors (Lipinski definition) is 5. The van der Waals surface area contributed by atoms with Crippen molar-refractivity contribution in [2.45, 2.75) is 20.0 Å². The average Bonchev–Trinajstić information content (AvgIpc) is 2.92. The molecule has 0 atom stereocenters. The standard InChI is InChI=1S/C10H15N7O/c1-3-17-5-7(11)9(15-17)10(18)12-4-8-13-6-16(2)14-8/h5-6H,3-4,11H2,1-2H3,(H,12,18). The maximum Gasteiger partial charge on any atom is 0.274 e. The summed E-state index contributed by atoms with van der Waals surface area (Å²) in [5, 5.41) is 10.8. The monoisotopic (exact) mass is 249 g/mol. The number of nitrogens with zero attached hydrogens (tertiary/aromatic N) is 5. The summed E-state index contributed by atoms with van der Waals surface area (Å²) < 4.78 is 3.19. The van der Waals surface area contributed by atoms with Gasteiger partial charge in [0.25, 0.3) is 5.91 Å². The van der Waals surface area contributed by atoms with Crippen molar-refractivity contribution in [2.24, 2.45) is 7.05 Å². The zero-order valence-electron chi connectivity index (χ0n) is 10.3. The highest BCUT2D eigenvalue weighted by Gasteiger charge is 2.14. The molecule has 3 N–H and O–H groups in total. The van der Waals surface area contributed by atoms with Crippen molar-refractivity contribution in [3.8, 4) is 0 Å². The van der Waals surface area contributed by atoms with Gasteiger partial charge in [-0.05, 0) is 6.92 Å². The van der Waals surface area contributed by atoms with E-state index < -0.39 is 0 Å². The van der Waals surface area contributed by atoms with Crippen molar-refractivity contribution in [2.75, 3.05) is 5.73 Å². The third-order valence-corrected chi connectivity index (χ3v) is 2.38. The Morgan fingerprint density at radius 1 is 1.50 bits per heavy atom. The maximum absolute atomic E-state index is 11.8. The molecule has 0 aliphatic rings. The van der Waals surface area contributed by atoms with Crippen LogP contribution in [-0.2, 0) is 20.1 Å². The Hall–Kier alpha value is -2.38. The molecule has 2 aromatic rings. The van der Waals surface area contributed by atoms with E-state index in [0.29, 0.717) is 18.1 Å². The van der Waals surface area contributed by atoms with Crippen LogP contribution in [0.3, 0.4) is 0 Å². The fourth-order valence-corrected chi connectivity index (χ4v) is 1.48. The first-order chi connectivity index (χ1) is 8.60. The Morgan fingerprint density at radius 2 is 2.28 bits per heavy atom. The largest absolute Gasteiger partial charge is 0.396 e. The van der Waals surface area contributed by atoms with Crippen LogP contribution in [0.15, 0.2) is 12.5 Å². The van der Waals surface area contributed by atoms with Crippen LogP contribution in [0, 0.1) is 0 Å². The first-order valence-corrected chi connectivity index (χ1v) is 5.55. The van der Waals surface area contributed by atoms with Gasteiger partial charge in [-0.2, -0.15) is 10.2 Å². The van der Waals surface area contributed by atoms with Crippen LogP contribution in [0.1, 0.15) is 23.2 Å². The van der Waals surface area contributed by atoms with Crippen LogP contribution in [0.25, 0.3) is 0 Å². The molecule has 8 heteroatoms. The number of amides is 1. The highest BCUT2D eigenvalue weighted by Crippen LogP contribution is 2.08. The summed E-state index contributed by atoms with van der Waals surface area (Å²) in [6.45, 7) is 2.84. The molecule has 0 radical (unpaired) electrons. The molecule has 0 fully saturated rings. The van der Waals surface area contributed by atoms with E-state index in [1.54, 1.807) is 28.9 Å². The fraction of sp³-hybridized carbons (Fsp3) is 0.400. The van der Waals surface area contributed by atoms with Crippen molar-refractivity contribution < 1.29 is 4.79 Å². The minimum absolute atomic E-state index is 0.229. The Bertz CT molecular complexity index is 556. The highest BCUT2D eigenvalue weighted by molar-refractivity contribution is 5.96. The molecule has 0 spiro atoms. The molecule has 0 aliphatic heterocycles. The number of aryl methyl sites for hydroxylation is 2. The van der Waals surface area contributed by atoms with E-state index in [0.717, 1.165) is 0 Å². The first kappa shape index (κ1) is 12.1. The highest BCUT2D eigenvalue weighted by atomic mass is 16.2. The lowest BCUT2D eigenvalue weighted by Gasteiger charge is -2.00. The van der Waals surface area contributed by atoms with Gasteiger partial charge in [0, 0.05) is 19.8 Å². The van der Waals surface area contributed by atoms with E-state index in [1.165, 1.54) is 0 Å².